The average Bonchev–Trinajstić information content (AvgIpc) is 3.11. The van der Waals surface area contributed by atoms with E-state index in [4.69, 9.17) is 4.52 Å². The van der Waals surface area contributed by atoms with Crippen LogP contribution in [0.15, 0.2) is 34.9 Å². The van der Waals surface area contributed by atoms with Gasteiger partial charge in [0.05, 0.1) is 6.04 Å². The van der Waals surface area contributed by atoms with Crippen LogP contribution in [0, 0.1) is 0 Å². The van der Waals surface area contributed by atoms with Gasteiger partial charge in [0.1, 0.15) is 0 Å². The fourth-order valence-corrected chi connectivity index (χ4v) is 3.21. The molecule has 0 aliphatic carbocycles. The zero-order valence-electron chi connectivity index (χ0n) is 14.9. The lowest BCUT2D eigenvalue weighted by Gasteiger charge is -2.34. The molecule has 6 nitrogen and oxygen atoms in total. The number of hydrogen-bond donors (Lipinski definition) is 1. The number of amides is 1. The average molecular weight is 342 g/mol. The lowest BCUT2D eigenvalue weighted by atomic mass is 10.0. The summed E-state index contributed by atoms with van der Waals surface area (Å²) in [5.74, 6) is 1.48. The summed E-state index contributed by atoms with van der Waals surface area (Å²) < 4.78 is 5.41. The summed E-state index contributed by atoms with van der Waals surface area (Å²) in [4.78, 5) is 19.1. The summed E-state index contributed by atoms with van der Waals surface area (Å²) >= 11 is 0. The summed E-state index contributed by atoms with van der Waals surface area (Å²) in [6, 6.07) is 9.71. The summed E-state index contributed by atoms with van der Waals surface area (Å²) in [7, 11) is 0. The second kappa shape index (κ2) is 8.25. The molecule has 0 spiro atoms. The Morgan fingerprint density at radius 2 is 2.04 bits per heavy atom. The minimum absolute atomic E-state index is 0.00760. The summed E-state index contributed by atoms with van der Waals surface area (Å²) in [5.41, 5.74) is 0.715. The van der Waals surface area contributed by atoms with Crippen molar-refractivity contribution in [1.29, 1.82) is 0 Å². The molecule has 1 aromatic carbocycles. The van der Waals surface area contributed by atoms with Crippen molar-refractivity contribution in [3.8, 4) is 0 Å². The maximum Gasteiger partial charge on any atom is 0.251 e. The van der Waals surface area contributed by atoms with Gasteiger partial charge in [0.15, 0.2) is 5.82 Å². The van der Waals surface area contributed by atoms with Gasteiger partial charge in [-0.2, -0.15) is 4.98 Å². The van der Waals surface area contributed by atoms with Crippen LogP contribution in [0.5, 0.6) is 0 Å². The van der Waals surface area contributed by atoms with Gasteiger partial charge in [-0.15, -0.1) is 0 Å². The molecule has 134 valence electrons. The van der Waals surface area contributed by atoms with Crippen LogP contribution in [0.2, 0.25) is 0 Å². The van der Waals surface area contributed by atoms with Crippen molar-refractivity contribution in [2.45, 2.75) is 51.6 Å². The van der Waals surface area contributed by atoms with Gasteiger partial charge in [0.25, 0.3) is 5.91 Å². The fraction of sp³-hybridized carbons (Fsp3) is 0.526. The number of carbonyl (C=O) groups excluding carboxylic acids is 1. The quantitative estimate of drug-likeness (QED) is 0.874. The number of rotatable bonds is 6. The molecule has 2 aromatic rings. The Labute approximate surface area is 148 Å². The minimum Gasteiger partial charge on any atom is -0.349 e. The van der Waals surface area contributed by atoms with Crippen LogP contribution in [0.25, 0.3) is 0 Å². The van der Waals surface area contributed by atoms with E-state index in [0.29, 0.717) is 11.5 Å². The van der Waals surface area contributed by atoms with Gasteiger partial charge >= 0.3 is 0 Å². The lowest BCUT2D eigenvalue weighted by Crippen LogP contribution is -2.45. The molecule has 1 aromatic heterocycles. The van der Waals surface area contributed by atoms with Crippen LogP contribution in [0.4, 0.5) is 0 Å². The number of hydrogen-bond acceptors (Lipinski definition) is 5. The third-order valence-electron chi connectivity index (χ3n) is 4.76. The highest BCUT2D eigenvalue weighted by Gasteiger charge is 2.27. The molecular formula is C19H26N4O2. The van der Waals surface area contributed by atoms with Gasteiger partial charge in [-0.3, -0.25) is 9.69 Å². The van der Waals surface area contributed by atoms with E-state index >= 15 is 0 Å². The van der Waals surface area contributed by atoms with Crippen LogP contribution >= 0.6 is 0 Å². The van der Waals surface area contributed by atoms with Crippen molar-refractivity contribution >= 4 is 5.91 Å². The molecule has 1 N–H and O–H groups in total. The van der Waals surface area contributed by atoms with Crippen LogP contribution in [-0.2, 0) is 6.42 Å². The van der Waals surface area contributed by atoms with Gasteiger partial charge in [-0.1, -0.05) is 30.3 Å². The zero-order valence-corrected chi connectivity index (χ0v) is 14.9. The highest BCUT2D eigenvalue weighted by molar-refractivity contribution is 5.94. The van der Waals surface area contributed by atoms with Gasteiger partial charge in [-0.05, 0) is 38.3 Å². The van der Waals surface area contributed by atoms with E-state index in [9.17, 15) is 4.79 Å². The van der Waals surface area contributed by atoms with E-state index in [-0.39, 0.29) is 18.0 Å². The molecule has 2 heterocycles. The summed E-state index contributed by atoms with van der Waals surface area (Å²) in [6.45, 7) is 6.03. The summed E-state index contributed by atoms with van der Waals surface area (Å²) in [5, 5.41) is 7.18. The molecule has 1 fully saturated rings. The highest BCUT2D eigenvalue weighted by atomic mass is 16.5. The van der Waals surface area contributed by atoms with Gasteiger partial charge in [-0.25, -0.2) is 0 Å². The Balaban J connectivity index is 1.50. The first-order valence-corrected chi connectivity index (χ1v) is 9.09. The number of likely N-dealkylation sites (tertiary alicyclic amines) is 1. The Hall–Kier alpha value is -2.21. The molecular weight excluding hydrogens is 316 g/mol. The molecule has 1 aliphatic rings. The number of aryl methyl sites for hydroxylation is 1. The van der Waals surface area contributed by atoms with E-state index in [1.807, 2.05) is 30.3 Å². The molecule has 0 unspecified atom stereocenters. The second-order valence-corrected chi connectivity index (χ2v) is 6.62. The normalized spacial score (nSPS) is 17.4. The number of nitrogens with zero attached hydrogens (tertiary/aromatic N) is 3. The number of benzene rings is 1. The van der Waals surface area contributed by atoms with Crippen LogP contribution < -0.4 is 5.32 Å². The highest BCUT2D eigenvalue weighted by Crippen LogP contribution is 2.23. The van der Waals surface area contributed by atoms with E-state index in [2.05, 4.69) is 34.2 Å². The predicted molar refractivity (Wildman–Crippen MR) is 95.2 cm³/mol. The number of piperidine rings is 1. The van der Waals surface area contributed by atoms with E-state index < -0.39 is 0 Å². The minimum atomic E-state index is 0.00760. The number of nitrogens with one attached hydrogen (secondary N) is 1. The molecule has 1 amide bonds. The smallest absolute Gasteiger partial charge is 0.251 e. The Morgan fingerprint density at radius 3 is 2.72 bits per heavy atom. The molecule has 0 radical (unpaired) electrons. The van der Waals surface area contributed by atoms with Crippen molar-refractivity contribution in [2.24, 2.45) is 0 Å². The van der Waals surface area contributed by atoms with E-state index in [0.717, 1.165) is 44.6 Å². The van der Waals surface area contributed by atoms with E-state index in [1.165, 1.54) is 0 Å². The first-order chi connectivity index (χ1) is 12.2. The SMILES string of the molecule is CCCc1noc([C@@H](C)N2CCC(NC(=O)c3ccccc3)CC2)n1. The lowest BCUT2D eigenvalue weighted by molar-refractivity contribution is 0.0881. The first-order valence-electron chi connectivity index (χ1n) is 9.09. The van der Waals surface area contributed by atoms with Gasteiger partial charge in [0.2, 0.25) is 5.89 Å². The third kappa shape index (κ3) is 4.45. The predicted octanol–water partition coefficient (Wildman–Crippen LogP) is 2.98. The van der Waals surface area contributed by atoms with Gasteiger partial charge in [0, 0.05) is 31.1 Å². The Kier molecular flexibility index (Phi) is 5.81. The second-order valence-electron chi connectivity index (χ2n) is 6.62. The van der Waals surface area contributed by atoms with Crippen molar-refractivity contribution in [2.75, 3.05) is 13.1 Å². The molecule has 1 aliphatic heterocycles. The van der Waals surface area contributed by atoms with E-state index in [1.54, 1.807) is 0 Å². The molecule has 25 heavy (non-hydrogen) atoms. The van der Waals surface area contributed by atoms with Crippen LogP contribution in [0.3, 0.4) is 0 Å². The van der Waals surface area contributed by atoms with Crippen LogP contribution in [-0.4, -0.2) is 40.1 Å². The molecule has 1 saturated heterocycles. The maximum atomic E-state index is 12.3. The molecule has 6 heteroatoms. The topological polar surface area (TPSA) is 71.3 Å². The van der Waals surface area contributed by atoms with Gasteiger partial charge < -0.3 is 9.84 Å². The van der Waals surface area contributed by atoms with Crippen molar-refractivity contribution in [3.63, 3.8) is 0 Å². The summed E-state index contributed by atoms with van der Waals surface area (Å²) in [6.07, 6.45) is 3.72. The van der Waals surface area contributed by atoms with Crippen molar-refractivity contribution < 1.29 is 9.32 Å². The molecule has 0 saturated carbocycles. The fourth-order valence-electron chi connectivity index (χ4n) is 3.21. The number of carbonyl (C=O) groups is 1. The monoisotopic (exact) mass is 342 g/mol. The maximum absolute atomic E-state index is 12.3. The molecule has 0 bridgehead atoms. The van der Waals surface area contributed by atoms with Crippen molar-refractivity contribution in [3.05, 3.63) is 47.6 Å². The molecule has 3 rings (SSSR count). The first kappa shape index (κ1) is 17.6. The Bertz CT molecular complexity index is 678. The largest absolute Gasteiger partial charge is 0.349 e. The Morgan fingerprint density at radius 1 is 1.32 bits per heavy atom. The van der Waals surface area contributed by atoms with Crippen LogP contribution in [0.1, 0.15) is 61.2 Å². The third-order valence-corrected chi connectivity index (χ3v) is 4.76. The zero-order chi connectivity index (χ0) is 17.6. The molecule has 1 atom stereocenters. The number of aromatic nitrogens is 2. The van der Waals surface area contributed by atoms with Crippen molar-refractivity contribution in [1.82, 2.24) is 20.4 Å². The standard InChI is InChI=1S/C19H26N4O2/c1-3-7-17-21-19(25-22-17)14(2)23-12-10-16(11-13-23)20-18(24)15-8-5-4-6-9-15/h4-6,8-9,14,16H,3,7,10-13H2,1-2H3,(H,20,24)/t14-/m1/s1.